The maximum atomic E-state index is 11.5. The van der Waals surface area contributed by atoms with Crippen molar-refractivity contribution in [3.8, 4) is 0 Å². The van der Waals surface area contributed by atoms with Crippen LogP contribution in [0, 0.1) is 12.8 Å². The summed E-state index contributed by atoms with van der Waals surface area (Å²) in [5, 5.41) is 3.30. The summed E-state index contributed by atoms with van der Waals surface area (Å²) in [7, 11) is -0.828. The zero-order valence-electron chi connectivity index (χ0n) is 11.0. The number of rotatable bonds is 4. The third kappa shape index (κ3) is 3.33. The van der Waals surface area contributed by atoms with Gasteiger partial charge in [0, 0.05) is 6.04 Å². The van der Waals surface area contributed by atoms with Gasteiger partial charge in [0.15, 0.2) is 9.84 Å². The average Bonchev–Trinajstić information content (AvgIpc) is 2.67. The molecule has 1 N–H and O–H groups in total. The summed E-state index contributed by atoms with van der Waals surface area (Å²) >= 11 is 0. The molecule has 0 bridgehead atoms. The van der Waals surface area contributed by atoms with E-state index < -0.39 is 9.84 Å². The summed E-state index contributed by atoms with van der Waals surface area (Å²) in [5.41, 5.74) is 2.49. The molecule has 0 spiro atoms. The topological polar surface area (TPSA) is 46.2 Å². The van der Waals surface area contributed by atoms with Crippen molar-refractivity contribution in [3.05, 3.63) is 35.4 Å². The minimum atomic E-state index is -2.77. The molecule has 100 valence electrons. The molecular weight excluding hydrogens is 246 g/mol. The van der Waals surface area contributed by atoms with E-state index in [1.807, 2.05) is 7.05 Å². The number of hydrogen-bond acceptors (Lipinski definition) is 3. The second-order valence-electron chi connectivity index (χ2n) is 5.26. The summed E-state index contributed by atoms with van der Waals surface area (Å²) in [6.07, 6.45) is 1.71. The molecule has 3 nitrogen and oxygen atoms in total. The number of sulfone groups is 1. The summed E-state index contributed by atoms with van der Waals surface area (Å²) in [6.45, 7) is 2.07. The van der Waals surface area contributed by atoms with Crippen molar-refractivity contribution in [3.63, 3.8) is 0 Å². The molecule has 1 aliphatic heterocycles. The van der Waals surface area contributed by atoms with Crippen LogP contribution in [-0.4, -0.2) is 27.0 Å². The largest absolute Gasteiger partial charge is 0.313 e. The first kappa shape index (κ1) is 13.6. The number of nitrogens with one attached hydrogen (secondary N) is 1. The van der Waals surface area contributed by atoms with E-state index in [0.29, 0.717) is 17.4 Å². The Kier molecular flexibility index (Phi) is 4.07. The average molecular weight is 267 g/mol. The van der Waals surface area contributed by atoms with Crippen molar-refractivity contribution in [2.24, 2.45) is 5.92 Å². The van der Waals surface area contributed by atoms with Crippen LogP contribution >= 0.6 is 0 Å². The fourth-order valence-corrected chi connectivity index (χ4v) is 4.49. The van der Waals surface area contributed by atoms with Crippen molar-refractivity contribution in [1.29, 1.82) is 0 Å². The van der Waals surface area contributed by atoms with Crippen LogP contribution in [-0.2, 0) is 9.84 Å². The van der Waals surface area contributed by atoms with Gasteiger partial charge < -0.3 is 5.32 Å². The lowest BCUT2D eigenvalue weighted by Gasteiger charge is -2.20. The van der Waals surface area contributed by atoms with Gasteiger partial charge in [-0.3, -0.25) is 0 Å². The van der Waals surface area contributed by atoms with Crippen molar-refractivity contribution < 1.29 is 8.42 Å². The van der Waals surface area contributed by atoms with Crippen LogP contribution in [0.3, 0.4) is 0 Å². The van der Waals surface area contributed by atoms with Gasteiger partial charge in [-0.15, -0.1) is 0 Å². The van der Waals surface area contributed by atoms with Crippen LogP contribution in [0.5, 0.6) is 0 Å². The summed E-state index contributed by atoms with van der Waals surface area (Å²) in [6, 6.07) is 8.71. The summed E-state index contributed by atoms with van der Waals surface area (Å²) < 4.78 is 22.9. The highest BCUT2D eigenvalue weighted by Crippen LogP contribution is 2.28. The van der Waals surface area contributed by atoms with Crippen molar-refractivity contribution >= 4 is 9.84 Å². The van der Waals surface area contributed by atoms with Crippen LogP contribution in [0.1, 0.15) is 30.0 Å². The third-order valence-corrected chi connectivity index (χ3v) is 5.56. The van der Waals surface area contributed by atoms with Gasteiger partial charge >= 0.3 is 0 Å². The minimum Gasteiger partial charge on any atom is -0.313 e. The molecule has 2 rings (SSSR count). The van der Waals surface area contributed by atoms with Gasteiger partial charge in [-0.25, -0.2) is 8.42 Å². The van der Waals surface area contributed by atoms with Crippen LogP contribution in [0.15, 0.2) is 24.3 Å². The molecule has 0 radical (unpaired) electrons. The molecule has 18 heavy (non-hydrogen) atoms. The molecule has 0 aromatic heterocycles. The molecule has 0 aliphatic carbocycles. The molecule has 1 aromatic carbocycles. The highest BCUT2D eigenvalue weighted by Gasteiger charge is 2.29. The van der Waals surface area contributed by atoms with Gasteiger partial charge in [0.25, 0.3) is 0 Å². The molecule has 2 atom stereocenters. The van der Waals surface area contributed by atoms with E-state index in [1.54, 1.807) is 0 Å². The van der Waals surface area contributed by atoms with E-state index in [4.69, 9.17) is 0 Å². The highest BCUT2D eigenvalue weighted by atomic mass is 32.2. The number of hydrogen-bond donors (Lipinski definition) is 1. The first-order valence-corrected chi connectivity index (χ1v) is 8.26. The summed E-state index contributed by atoms with van der Waals surface area (Å²) in [4.78, 5) is 0. The lowest BCUT2D eigenvalue weighted by Crippen LogP contribution is -2.20. The second-order valence-corrected chi connectivity index (χ2v) is 7.49. The summed E-state index contributed by atoms with van der Waals surface area (Å²) in [5.74, 6) is 1.02. The van der Waals surface area contributed by atoms with Gasteiger partial charge in [0.05, 0.1) is 11.5 Å². The lowest BCUT2D eigenvalue weighted by molar-refractivity contribution is 0.437. The van der Waals surface area contributed by atoms with Crippen molar-refractivity contribution in [2.45, 2.75) is 25.8 Å². The first-order valence-electron chi connectivity index (χ1n) is 6.44. The minimum absolute atomic E-state index is 0.254. The zero-order chi connectivity index (χ0) is 13.2. The maximum Gasteiger partial charge on any atom is 0.150 e. The Hall–Kier alpha value is -0.870. The molecule has 1 aromatic rings. The van der Waals surface area contributed by atoms with E-state index in [-0.39, 0.29) is 6.04 Å². The quantitative estimate of drug-likeness (QED) is 0.908. The monoisotopic (exact) mass is 267 g/mol. The Bertz CT molecular complexity index is 493. The molecule has 1 saturated heterocycles. The second kappa shape index (κ2) is 5.41. The molecular formula is C14H21NO2S. The van der Waals surface area contributed by atoms with E-state index in [0.717, 1.165) is 12.8 Å². The Balaban J connectivity index is 2.04. The Labute approximate surface area is 110 Å². The van der Waals surface area contributed by atoms with Gasteiger partial charge in [-0.05, 0) is 38.3 Å². The predicted octanol–water partition coefficient (Wildman–Crippen LogP) is 2.08. The van der Waals surface area contributed by atoms with E-state index in [9.17, 15) is 8.42 Å². The normalized spacial score (nSPS) is 24.0. The van der Waals surface area contributed by atoms with Gasteiger partial charge in [-0.1, -0.05) is 29.8 Å². The maximum absolute atomic E-state index is 11.5. The van der Waals surface area contributed by atoms with Gasteiger partial charge in [0.2, 0.25) is 0 Å². The predicted molar refractivity (Wildman–Crippen MR) is 74.4 cm³/mol. The molecule has 0 amide bonds. The van der Waals surface area contributed by atoms with Crippen LogP contribution in [0.4, 0.5) is 0 Å². The van der Waals surface area contributed by atoms with Gasteiger partial charge in [0.1, 0.15) is 0 Å². The van der Waals surface area contributed by atoms with Crippen LogP contribution < -0.4 is 5.32 Å². The Morgan fingerprint density at radius 3 is 2.50 bits per heavy atom. The first-order chi connectivity index (χ1) is 8.50. The highest BCUT2D eigenvalue weighted by molar-refractivity contribution is 7.91. The number of aryl methyl sites for hydroxylation is 1. The molecule has 0 saturated carbocycles. The van der Waals surface area contributed by atoms with E-state index >= 15 is 0 Å². The van der Waals surface area contributed by atoms with Crippen LogP contribution in [0.2, 0.25) is 0 Å². The van der Waals surface area contributed by atoms with E-state index in [2.05, 4.69) is 36.5 Å². The number of benzene rings is 1. The molecule has 1 heterocycles. The lowest BCUT2D eigenvalue weighted by atomic mass is 9.94. The zero-order valence-corrected chi connectivity index (χ0v) is 11.8. The fraction of sp³-hybridized carbons (Fsp3) is 0.571. The van der Waals surface area contributed by atoms with Crippen molar-refractivity contribution in [2.75, 3.05) is 18.6 Å². The smallest absolute Gasteiger partial charge is 0.150 e. The fourth-order valence-electron chi connectivity index (χ4n) is 2.61. The molecule has 1 aliphatic rings. The van der Waals surface area contributed by atoms with Crippen LogP contribution in [0.25, 0.3) is 0 Å². The Morgan fingerprint density at radius 2 is 2.00 bits per heavy atom. The standard InChI is InChI=1S/C14H21NO2S/c1-11-3-5-13(6-4-11)14(15-2)9-12-7-8-18(16,17)10-12/h3-6,12,14-15H,7-10H2,1-2H3. The third-order valence-electron chi connectivity index (χ3n) is 3.72. The van der Waals surface area contributed by atoms with E-state index in [1.165, 1.54) is 11.1 Å². The SMILES string of the molecule is CNC(CC1CCS(=O)(=O)C1)c1ccc(C)cc1. The molecule has 4 heteroatoms. The van der Waals surface area contributed by atoms with Crippen molar-refractivity contribution in [1.82, 2.24) is 5.32 Å². The Morgan fingerprint density at radius 1 is 1.33 bits per heavy atom. The molecule has 2 unspecified atom stereocenters. The molecule has 1 fully saturated rings. The van der Waals surface area contributed by atoms with Gasteiger partial charge in [-0.2, -0.15) is 0 Å².